The molecule has 0 fully saturated rings. The van der Waals surface area contributed by atoms with Crippen LogP contribution in [0.3, 0.4) is 0 Å². The smallest absolute Gasteiger partial charge is 0.358 e. The summed E-state index contributed by atoms with van der Waals surface area (Å²) in [7, 11) is 0. The van der Waals surface area contributed by atoms with Crippen molar-refractivity contribution in [2.75, 3.05) is 13.2 Å². The molecule has 6 nitrogen and oxygen atoms in total. The van der Waals surface area contributed by atoms with E-state index >= 15 is 0 Å². The Labute approximate surface area is 200 Å². The van der Waals surface area contributed by atoms with Crippen molar-refractivity contribution in [2.45, 2.75) is 39.7 Å². The SMILES string of the molecule is CCOC(=O)/C(C)=C/CC[C@H](C)[C@@H](COC(=O)c1ccccc1)OC(=S)Oc1ccccc1. The van der Waals surface area contributed by atoms with Gasteiger partial charge in [0.25, 0.3) is 0 Å². The minimum absolute atomic E-state index is 0.00770. The zero-order valence-electron chi connectivity index (χ0n) is 19.2. The topological polar surface area (TPSA) is 71.1 Å². The van der Waals surface area contributed by atoms with Crippen LogP contribution >= 0.6 is 12.2 Å². The lowest BCUT2D eigenvalue weighted by Crippen LogP contribution is -2.32. The summed E-state index contributed by atoms with van der Waals surface area (Å²) in [5.41, 5.74) is 1.01. The molecule has 0 aliphatic heterocycles. The van der Waals surface area contributed by atoms with Crippen molar-refractivity contribution in [3.8, 4) is 5.75 Å². The van der Waals surface area contributed by atoms with Crippen molar-refractivity contribution in [1.82, 2.24) is 0 Å². The van der Waals surface area contributed by atoms with Crippen molar-refractivity contribution in [2.24, 2.45) is 5.92 Å². The summed E-state index contributed by atoms with van der Waals surface area (Å²) in [4.78, 5) is 24.2. The first-order chi connectivity index (χ1) is 15.9. The molecule has 0 aliphatic carbocycles. The summed E-state index contributed by atoms with van der Waals surface area (Å²) in [6.45, 7) is 5.81. The van der Waals surface area contributed by atoms with Crippen LogP contribution < -0.4 is 4.74 Å². The molecule has 0 aromatic heterocycles. The molecule has 0 spiro atoms. The molecule has 176 valence electrons. The Morgan fingerprint density at radius 2 is 1.64 bits per heavy atom. The summed E-state index contributed by atoms with van der Waals surface area (Å²) in [6, 6.07) is 17.8. The lowest BCUT2D eigenvalue weighted by Gasteiger charge is -2.24. The second-order valence-corrected chi connectivity index (χ2v) is 7.78. The second kappa shape index (κ2) is 14.1. The molecular formula is C26H30O6S. The third-order valence-corrected chi connectivity index (χ3v) is 5.06. The fourth-order valence-corrected chi connectivity index (χ4v) is 3.16. The highest BCUT2D eigenvalue weighted by Gasteiger charge is 2.23. The Bertz CT molecular complexity index is 926. The molecule has 0 saturated heterocycles. The molecule has 0 unspecified atom stereocenters. The van der Waals surface area contributed by atoms with Gasteiger partial charge in [0.15, 0.2) is 0 Å². The zero-order chi connectivity index (χ0) is 24.1. The quantitative estimate of drug-likeness (QED) is 0.243. The second-order valence-electron chi connectivity index (χ2n) is 7.45. The maximum absolute atomic E-state index is 12.4. The van der Waals surface area contributed by atoms with Crippen molar-refractivity contribution < 1.29 is 28.5 Å². The predicted octanol–water partition coefficient (Wildman–Crippen LogP) is 5.52. The van der Waals surface area contributed by atoms with Gasteiger partial charge < -0.3 is 18.9 Å². The van der Waals surface area contributed by atoms with Gasteiger partial charge >= 0.3 is 17.2 Å². The van der Waals surface area contributed by atoms with Crippen LogP contribution in [0.4, 0.5) is 0 Å². The van der Waals surface area contributed by atoms with Crippen LogP contribution in [0.5, 0.6) is 5.75 Å². The van der Waals surface area contributed by atoms with E-state index in [0.717, 1.165) is 0 Å². The molecule has 0 heterocycles. The number of ether oxygens (including phenoxy) is 4. The number of rotatable bonds is 11. The molecule has 0 aliphatic rings. The molecule has 0 bridgehead atoms. The normalized spacial score (nSPS) is 12.9. The van der Waals surface area contributed by atoms with Crippen molar-refractivity contribution in [1.29, 1.82) is 0 Å². The van der Waals surface area contributed by atoms with Crippen LogP contribution in [0.1, 0.15) is 44.0 Å². The largest absolute Gasteiger partial charge is 0.463 e. The Morgan fingerprint density at radius 1 is 1.00 bits per heavy atom. The van der Waals surface area contributed by atoms with Crippen molar-refractivity contribution in [3.05, 3.63) is 77.9 Å². The van der Waals surface area contributed by atoms with Crippen LogP contribution in [0.25, 0.3) is 0 Å². The zero-order valence-corrected chi connectivity index (χ0v) is 20.0. The van der Waals surface area contributed by atoms with E-state index in [-0.39, 0.29) is 23.7 Å². The van der Waals surface area contributed by atoms with E-state index in [1.807, 2.05) is 37.3 Å². The molecule has 0 amide bonds. The number of thiocarbonyl (C=S) groups is 1. The van der Waals surface area contributed by atoms with Gasteiger partial charge in [0.05, 0.1) is 12.2 Å². The van der Waals surface area contributed by atoms with Gasteiger partial charge in [-0.2, -0.15) is 0 Å². The monoisotopic (exact) mass is 470 g/mol. The first kappa shape index (κ1) is 26.1. The minimum atomic E-state index is -0.523. The van der Waals surface area contributed by atoms with Gasteiger partial charge in [-0.25, -0.2) is 9.59 Å². The van der Waals surface area contributed by atoms with Gasteiger partial charge in [-0.1, -0.05) is 49.4 Å². The minimum Gasteiger partial charge on any atom is -0.463 e. The number of allylic oxidation sites excluding steroid dienone is 1. The maximum Gasteiger partial charge on any atom is 0.358 e. The van der Waals surface area contributed by atoms with Crippen LogP contribution in [0, 0.1) is 5.92 Å². The summed E-state index contributed by atoms with van der Waals surface area (Å²) in [5, 5.41) is -0.0490. The first-order valence-corrected chi connectivity index (χ1v) is 11.3. The molecule has 0 radical (unpaired) electrons. The van der Waals surface area contributed by atoms with Crippen LogP contribution in [-0.4, -0.2) is 36.5 Å². The van der Waals surface area contributed by atoms with Crippen LogP contribution in [-0.2, 0) is 19.0 Å². The fourth-order valence-electron chi connectivity index (χ4n) is 2.94. The molecule has 2 rings (SSSR count). The van der Waals surface area contributed by atoms with Gasteiger partial charge in [-0.3, -0.25) is 0 Å². The lowest BCUT2D eigenvalue weighted by molar-refractivity contribution is -0.138. The molecule has 0 saturated carbocycles. The number of benzene rings is 2. The summed E-state index contributed by atoms with van der Waals surface area (Å²) in [5.74, 6) is -0.253. The number of carbonyl (C=O) groups is 2. The van der Waals surface area contributed by atoms with E-state index in [1.54, 1.807) is 50.2 Å². The van der Waals surface area contributed by atoms with Crippen LogP contribution in [0.15, 0.2) is 72.3 Å². The summed E-state index contributed by atoms with van der Waals surface area (Å²) < 4.78 is 21.9. The molecule has 0 N–H and O–H groups in total. The highest BCUT2D eigenvalue weighted by molar-refractivity contribution is 7.79. The number of carbonyl (C=O) groups excluding carboxylic acids is 2. The lowest BCUT2D eigenvalue weighted by atomic mass is 9.98. The highest BCUT2D eigenvalue weighted by Crippen LogP contribution is 2.19. The van der Waals surface area contributed by atoms with Gasteiger partial charge in [0.2, 0.25) is 0 Å². The Balaban J connectivity index is 2.00. The first-order valence-electron chi connectivity index (χ1n) is 10.9. The molecule has 33 heavy (non-hydrogen) atoms. The number of hydrogen-bond acceptors (Lipinski definition) is 7. The van der Waals surface area contributed by atoms with E-state index in [1.165, 1.54) is 0 Å². The van der Waals surface area contributed by atoms with Crippen LogP contribution in [0.2, 0.25) is 0 Å². The van der Waals surface area contributed by atoms with E-state index in [4.69, 9.17) is 31.2 Å². The molecule has 2 aromatic rings. The maximum atomic E-state index is 12.4. The Kier molecular flexibility index (Phi) is 11.1. The van der Waals surface area contributed by atoms with E-state index < -0.39 is 12.1 Å². The van der Waals surface area contributed by atoms with Gasteiger partial charge in [-0.15, -0.1) is 0 Å². The molecule has 7 heteroatoms. The van der Waals surface area contributed by atoms with Crippen molar-refractivity contribution >= 4 is 29.4 Å². The Hall–Kier alpha value is -3.19. The number of esters is 2. The summed E-state index contributed by atoms with van der Waals surface area (Å²) in [6.07, 6.45) is 2.62. The van der Waals surface area contributed by atoms with Gasteiger partial charge in [-0.05, 0) is 56.9 Å². The summed E-state index contributed by atoms with van der Waals surface area (Å²) >= 11 is 5.26. The molecule has 2 atom stereocenters. The highest BCUT2D eigenvalue weighted by atomic mass is 32.1. The average Bonchev–Trinajstić information content (AvgIpc) is 2.82. The molecule has 2 aromatic carbocycles. The standard InChI is InChI=1S/C26H30O6S/c1-4-29-24(27)20(3)13-11-12-19(2)23(18-30-25(28)21-14-7-5-8-15-21)32-26(33)31-22-16-9-6-10-17-22/h5-10,13-17,19,23H,4,11-12,18H2,1-3H3/b20-13+/t19-,23+/m0/s1. The average molecular weight is 471 g/mol. The third-order valence-electron chi connectivity index (χ3n) is 4.88. The van der Waals surface area contributed by atoms with Crippen molar-refractivity contribution in [3.63, 3.8) is 0 Å². The van der Waals surface area contributed by atoms with E-state index in [2.05, 4.69) is 0 Å². The van der Waals surface area contributed by atoms with E-state index in [0.29, 0.717) is 36.3 Å². The molecular weight excluding hydrogens is 440 g/mol. The number of para-hydroxylation sites is 1. The Morgan fingerprint density at radius 3 is 2.27 bits per heavy atom. The fraction of sp³-hybridized carbons (Fsp3) is 0.346. The third kappa shape index (κ3) is 9.45. The predicted molar refractivity (Wildman–Crippen MR) is 130 cm³/mol. The van der Waals surface area contributed by atoms with E-state index in [9.17, 15) is 9.59 Å². The van der Waals surface area contributed by atoms with Gasteiger partial charge in [0.1, 0.15) is 18.5 Å². The number of hydrogen-bond donors (Lipinski definition) is 0. The van der Waals surface area contributed by atoms with Gasteiger partial charge in [0, 0.05) is 17.8 Å².